The number of methoxy groups -OCH3 is 1. The molecule has 178 valence electrons. The lowest BCUT2D eigenvalue weighted by Crippen LogP contribution is -2.59. The van der Waals surface area contributed by atoms with E-state index in [2.05, 4.69) is 5.32 Å². The predicted molar refractivity (Wildman–Crippen MR) is 125 cm³/mol. The van der Waals surface area contributed by atoms with Gasteiger partial charge >= 0.3 is 5.97 Å². The molecule has 0 unspecified atom stereocenters. The number of hydrogen-bond donors (Lipinski definition) is 1. The molecule has 2 fully saturated rings. The summed E-state index contributed by atoms with van der Waals surface area (Å²) in [6.45, 7) is 2.09. The van der Waals surface area contributed by atoms with Crippen molar-refractivity contribution in [1.29, 1.82) is 0 Å². The summed E-state index contributed by atoms with van der Waals surface area (Å²) in [5.41, 5.74) is 0.980. The molecule has 0 spiro atoms. The number of fused-ring (bicyclic) bond motifs is 1. The molecule has 0 aliphatic carbocycles. The standard InChI is InChI=1S/C26H29N3O5/c1-16-10-12-18(13-11-16)22(30)28(2)15-19-20-21(24(32)29(3)23(20)31)26(27-19,25(33)34-4)14-17-8-6-5-7-9-17/h5-13,19-21,27H,14-15H2,1-4H3/t19-,20+,21-,26-/m1/s1. The van der Waals surface area contributed by atoms with Gasteiger partial charge in [-0.15, -0.1) is 0 Å². The molecule has 0 radical (unpaired) electrons. The molecular weight excluding hydrogens is 434 g/mol. The number of carbonyl (C=O) groups is 4. The average Bonchev–Trinajstić information content (AvgIpc) is 3.28. The molecule has 1 N–H and O–H groups in total. The molecule has 4 rings (SSSR count). The minimum atomic E-state index is -1.42. The topological polar surface area (TPSA) is 96.0 Å². The summed E-state index contributed by atoms with van der Waals surface area (Å²) < 4.78 is 5.15. The Hall–Kier alpha value is -3.52. The molecule has 4 atom stereocenters. The SMILES string of the molecule is COC(=O)[C@]1(Cc2ccccc2)N[C@H](CN(C)C(=O)c2ccc(C)cc2)[C@@H]2C(=O)N(C)C(=O)[C@@H]21. The van der Waals surface area contributed by atoms with E-state index < -0.39 is 35.3 Å². The van der Waals surface area contributed by atoms with Crippen molar-refractivity contribution in [1.82, 2.24) is 15.1 Å². The summed E-state index contributed by atoms with van der Waals surface area (Å²) in [6.07, 6.45) is 0.181. The maximum atomic E-state index is 13.2. The summed E-state index contributed by atoms with van der Waals surface area (Å²) in [5.74, 6) is -3.29. The highest BCUT2D eigenvalue weighted by atomic mass is 16.5. The third-order valence-corrected chi connectivity index (χ3v) is 6.97. The van der Waals surface area contributed by atoms with Crippen LogP contribution in [0, 0.1) is 18.8 Å². The van der Waals surface area contributed by atoms with Crippen molar-refractivity contribution in [2.45, 2.75) is 24.9 Å². The maximum absolute atomic E-state index is 13.2. The molecule has 3 amide bonds. The average molecular weight is 464 g/mol. The van der Waals surface area contributed by atoms with Gasteiger partial charge in [-0.2, -0.15) is 0 Å². The smallest absolute Gasteiger partial charge is 0.327 e. The normalized spacial score (nSPS) is 25.9. The zero-order valence-electron chi connectivity index (χ0n) is 19.8. The van der Waals surface area contributed by atoms with Crippen LogP contribution in [-0.4, -0.2) is 72.8 Å². The van der Waals surface area contributed by atoms with Crippen LogP contribution < -0.4 is 5.32 Å². The van der Waals surface area contributed by atoms with Gasteiger partial charge in [0, 0.05) is 38.7 Å². The van der Waals surface area contributed by atoms with Gasteiger partial charge in [0.15, 0.2) is 0 Å². The monoisotopic (exact) mass is 463 g/mol. The summed E-state index contributed by atoms with van der Waals surface area (Å²) >= 11 is 0. The number of esters is 1. The van der Waals surface area contributed by atoms with E-state index in [0.717, 1.165) is 16.0 Å². The van der Waals surface area contributed by atoms with Crippen molar-refractivity contribution in [3.8, 4) is 0 Å². The number of imide groups is 1. The molecule has 8 heteroatoms. The number of rotatable bonds is 6. The lowest BCUT2D eigenvalue weighted by atomic mass is 9.76. The highest BCUT2D eigenvalue weighted by molar-refractivity contribution is 6.09. The lowest BCUT2D eigenvalue weighted by Gasteiger charge is -2.32. The number of likely N-dealkylation sites (N-methyl/N-ethyl adjacent to an activating group) is 1. The first-order valence-electron chi connectivity index (χ1n) is 11.2. The number of carbonyl (C=O) groups excluding carboxylic acids is 4. The third-order valence-electron chi connectivity index (χ3n) is 6.97. The third kappa shape index (κ3) is 3.88. The summed E-state index contributed by atoms with van der Waals surface area (Å²) in [7, 11) is 4.36. The van der Waals surface area contributed by atoms with Gasteiger partial charge in [-0.05, 0) is 24.6 Å². The number of amides is 3. The van der Waals surface area contributed by atoms with Crippen molar-refractivity contribution in [3.63, 3.8) is 0 Å². The fraction of sp³-hybridized carbons (Fsp3) is 0.385. The molecular formula is C26H29N3O5. The Balaban J connectivity index is 1.69. The Morgan fingerprint density at radius 2 is 1.71 bits per heavy atom. The van der Waals surface area contributed by atoms with E-state index in [1.54, 1.807) is 19.2 Å². The van der Waals surface area contributed by atoms with Crippen LogP contribution in [0.2, 0.25) is 0 Å². The minimum Gasteiger partial charge on any atom is -0.468 e. The number of benzene rings is 2. The second kappa shape index (κ2) is 9.02. The van der Waals surface area contributed by atoms with E-state index in [9.17, 15) is 19.2 Å². The molecule has 2 aromatic carbocycles. The molecule has 2 aliphatic rings. The number of aryl methyl sites for hydroxylation is 1. The maximum Gasteiger partial charge on any atom is 0.327 e. The van der Waals surface area contributed by atoms with Gasteiger partial charge in [-0.1, -0.05) is 48.0 Å². The Bertz CT molecular complexity index is 1120. The van der Waals surface area contributed by atoms with Crippen LogP contribution >= 0.6 is 0 Å². The number of ether oxygens (including phenoxy) is 1. The van der Waals surface area contributed by atoms with E-state index in [0.29, 0.717) is 5.56 Å². The Morgan fingerprint density at radius 1 is 1.06 bits per heavy atom. The molecule has 8 nitrogen and oxygen atoms in total. The number of likely N-dealkylation sites (tertiary alicyclic amines) is 1. The first-order chi connectivity index (χ1) is 16.2. The van der Waals surface area contributed by atoms with Crippen molar-refractivity contribution < 1.29 is 23.9 Å². The van der Waals surface area contributed by atoms with E-state index in [4.69, 9.17) is 4.74 Å². The molecule has 34 heavy (non-hydrogen) atoms. The zero-order valence-corrected chi connectivity index (χ0v) is 19.8. The van der Waals surface area contributed by atoms with Gasteiger partial charge in [0.2, 0.25) is 11.8 Å². The van der Waals surface area contributed by atoms with Gasteiger partial charge in [-0.3, -0.25) is 29.4 Å². The Kier molecular flexibility index (Phi) is 6.27. The molecule has 2 aromatic rings. The van der Waals surface area contributed by atoms with Gasteiger partial charge in [0.1, 0.15) is 5.54 Å². The Morgan fingerprint density at radius 3 is 2.32 bits per heavy atom. The van der Waals surface area contributed by atoms with Crippen molar-refractivity contribution in [2.75, 3.05) is 27.7 Å². The van der Waals surface area contributed by atoms with Crippen LogP contribution in [0.15, 0.2) is 54.6 Å². The summed E-state index contributed by atoms with van der Waals surface area (Å²) in [4.78, 5) is 55.2. The minimum absolute atomic E-state index is 0.147. The highest BCUT2D eigenvalue weighted by Crippen LogP contribution is 2.44. The summed E-state index contributed by atoms with van der Waals surface area (Å²) in [6, 6.07) is 15.9. The van der Waals surface area contributed by atoms with Crippen molar-refractivity contribution in [3.05, 3.63) is 71.3 Å². The summed E-state index contributed by atoms with van der Waals surface area (Å²) in [5, 5.41) is 3.30. The fourth-order valence-electron chi connectivity index (χ4n) is 5.24. The molecule has 0 bridgehead atoms. The van der Waals surface area contributed by atoms with Crippen LogP contribution in [0.25, 0.3) is 0 Å². The molecule has 0 aromatic heterocycles. The zero-order chi connectivity index (χ0) is 24.6. The van der Waals surface area contributed by atoms with Gasteiger partial charge in [-0.25, -0.2) is 0 Å². The number of hydrogen-bond acceptors (Lipinski definition) is 6. The number of nitrogens with zero attached hydrogens (tertiary/aromatic N) is 2. The molecule has 0 saturated carbocycles. The van der Waals surface area contributed by atoms with E-state index in [1.165, 1.54) is 19.1 Å². The van der Waals surface area contributed by atoms with Crippen LogP contribution in [0.5, 0.6) is 0 Å². The van der Waals surface area contributed by atoms with Crippen LogP contribution in [0.4, 0.5) is 0 Å². The second-order valence-electron chi connectivity index (χ2n) is 9.17. The van der Waals surface area contributed by atoms with Crippen molar-refractivity contribution >= 4 is 23.7 Å². The lowest BCUT2D eigenvalue weighted by molar-refractivity contribution is -0.153. The van der Waals surface area contributed by atoms with Crippen molar-refractivity contribution in [2.24, 2.45) is 11.8 Å². The van der Waals surface area contributed by atoms with E-state index in [1.807, 2.05) is 49.4 Å². The van der Waals surface area contributed by atoms with Gasteiger partial charge in [0.05, 0.1) is 18.9 Å². The first-order valence-corrected chi connectivity index (χ1v) is 11.2. The quantitative estimate of drug-likeness (QED) is 0.514. The van der Waals surface area contributed by atoms with Crippen LogP contribution in [0.3, 0.4) is 0 Å². The van der Waals surface area contributed by atoms with Gasteiger partial charge < -0.3 is 9.64 Å². The number of nitrogens with one attached hydrogen (secondary N) is 1. The predicted octanol–water partition coefficient (Wildman–Crippen LogP) is 1.42. The molecule has 2 heterocycles. The second-order valence-corrected chi connectivity index (χ2v) is 9.17. The van der Waals surface area contributed by atoms with Crippen LogP contribution in [0.1, 0.15) is 21.5 Å². The largest absolute Gasteiger partial charge is 0.468 e. The van der Waals surface area contributed by atoms with Crippen LogP contribution in [-0.2, 0) is 25.5 Å². The Labute approximate surface area is 198 Å². The molecule has 2 aliphatic heterocycles. The van der Waals surface area contributed by atoms with E-state index in [-0.39, 0.29) is 24.8 Å². The van der Waals surface area contributed by atoms with Gasteiger partial charge in [0.25, 0.3) is 5.91 Å². The van der Waals surface area contributed by atoms with E-state index >= 15 is 0 Å². The highest BCUT2D eigenvalue weighted by Gasteiger charge is 2.67. The first kappa shape index (κ1) is 23.6. The fourth-order valence-corrected chi connectivity index (χ4v) is 5.24. The molecule has 2 saturated heterocycles.